The summed E-state index contributed by atoms with van der Waals surface area (Å²) in [5.74, 6) is -0.337. The van der Waals surface area contributed by atoms with Crippen molar-refractivity contribution in [2.75, 3.05) is 25.0 Å². The summed E-state index contributed by atoms with van der Waals surface area (Å²) >= 11 is 0. The summed E-state index contributed by atoms with van der Waals surface area (Å²) < 4.78 is 6.20. The summed E-state index contributed by atoms with van der Waals surface area (Å²) in [6, 6.07) is 5.06. The molecule has 0 saturated carbocycles. The number of nitrogens with one attached hydrogen (secondary N) is 2. The van der Waals surface area contributed by atoms with Crippen LogP contribution in [0.1, 0.15) is 24.8 Å². The molecule has 3 N–H and O–H groups in total. The van der Waals surface area contributed by atoms with Crippen LogP contribution in [0.25, 0.3) is 11.0 Å². The SMILES string of the molecule is Cc1ccc2c(c1)[n+]([O-])nc(NCCC(=O)OC1CCNCC1)[n+]2O. The minimum Gasteiger partial charge on any atom is -0.582 e. The van der Waals surface area contributed by atoms with Gasteiger partial charge in [-0.2, -0.15) is 0 Å². The Morgan fingerprint density at radius 2 is 2.20 bits per heavy atom. The average molecular weight is 348 g/mol. The number of fused-ring (bicyclic) bond motifs is 1. The number of carbonyl (C=O) groups is 1. The lowest BCUT2D eigenvalue weighted by molar-refractivity contribution is -0.883. The Balaban J connectivity index is 1.60. The quantitative estimate of drug-likeness (QED) is 0.297. The lowest BCUT2D eigenvalue weighted by atomic mass is 10.1. The number of benzene rings is 1. The Kier molecular flexibility index (Phi) is 5.13. The number of anilines is 1. The number of piperidine rings is 1. The second-order valence-corrected chi connectivity index (χ2v) is 6.12. The van der Waals surface area contributed by atoms with Gasteiger partial charge in [0.15, 0.2) is 0 Å². The zero-order valence-electron chi connectivity index (χ0n) is 14.1. The van der Waals surface area contributed by atoms with E-state index in [1.807, 2.05) is 6.92 Å². The van der Waals surface area contributed by atoms with Crippen molar-refractivity contribution in [1.82, 2.24) is 10.4 Å². The van der Waals surface area contributed by atoms with E-state index in [1.165, 1.54) is 0 Å². The molecule has 0 unspecified atom stereocenters. The molecule has 0 atom stereocenters. The molecule has 2 heterocycles. The van der Waals surface area contributed by atoms with Crippen molar-refractivity contribution >= 4 is 23.0 Å². The topological polar surface area (TPSA) is 114 Å². The van der Waals surface area contributed by atoms with Gasteiger partial charge in [0.05, 0.1) is 13.0 Å². The molecule has 0 radical (unpaired) electrons. The normalized spacial score (nSPS) is 15.2. The van der Waals surface area contributed by atoms with Crippen LogP contribution >= 0.6 is 0 Å². The smallest absolute Gasteiger partial charge is 0.496 e. The van der Waals surface area contributed by atoms with Crippen LogP contribution < -0.4 is 20.2 Å². The highest BCUT2D eigenvalue weighted by Crippen LogP contribution is 2.10. The first-order valence-corrected chi connectivity index (χ1v) is 8.34. The van der Waals surface area contributed by atoms with Gasteiger partial charge in [-0.25, -0.2) is 0 Å². The van der Waals surface area contributed by atoms with Crippen molar-refractivity contribution in [3.63, 3.8) is 0 Å². The molecule has 1 aromatic heterocycles. The van der Waals surface area contributed by atoms with Gasteiger partial charge in [0, 0.05) is 10.9 Å². The first-order chi connectivity index (χ1) is 12.0. The standard InChI is InChI=1S/C16H21N5O4/c1-11-2-3-13-14(10-11)21(24)19-16(20(13)23)18-9-6-15(22)25-12-4-7-17-8-5-12/h2-3,10,12,17,23H,4-9H2,1H3/p+1. The predicted molar refractivity (Wildman–Crippen MR) is 87.9 cm³/mol. The minimum absolute atomic E-state index is 0.0268. The fourth-order valence-electron chi connectivity index (χ4n) is 2.81. The minimum atomic E-state index is -0.310. The molecule has 0 aliphatic carbocycles. The molecule has 2 aromatic rings. The van der Waals surface area contributed by atoms with Crippen LogP contribution in [0.3, 0.4) is 0 Å². The molecule has 134 valence electrons. The number of esters is 1. The Hall–Kier alpha value is -2.68. The third-order valence-electron chi connectivity index (χ3n) is 4.15. The van der Waals surface area contributed by atoms with E-state index in [1.54, 1.807) is 18.2 Å². The average Bonchev–Trinajstić information content (AvgIpc) is 2.60. The van der Waals surface area contributed by atoms with Gasteiger partial charge in [-0.1, -0.05) is 6.07 Å². The van der Waals surface area contributed by atoms with Crippen molar-refractivity contribution in [2.45, 2.75) is 32.3 Å². The summed E-state index contributed by atoms with van der Waals surface area (Å²) in [7, 11) is 0. The van der Waals surface area contributed by atoms with Crippen molar-refractivity contribution in [2.24, 2.45) is 0 Å². The molecule has 1 saturated heterocycles. The second-order valence-electron chi connectivity index (χ2n) is 6.12. The van der Waals surface area contributed by atoms with Gasteiger partial charge in [0.2, 0.25) is 10.6 Å². The van der Waals surface area contributed by atoms with Crippen LogP contribution in [0.2, 0.25) is 0 Å². The number of aryl methyl sites for hydroxylation is 1. The number of rotatable bonds is 5. The largest absolute Gasteiger partial charge is 0.582 e. The first kappa shape index (κ1) is 17.2. The Labute approximate surface area is 144 Å². The molecule has 0 spiro atoms. The van der Waals surface area contributed by atoms with Crippen molar-refractivity contribution < 1.29 is 24.3 Å². The summed E-state index contributed by atoms with van der Waals surface area (Å²) in [4.78, 5) is 12.3. The molecule has 0 amide bonds. The lowest BCUT2D eigenvalue weighted by Crippen LogP contribution is -2.46. The van der Waals surface area contributed by atoms with E-state index in [2.05, 4.69) is 15.7 Å². The highest BCUT2D eigenvalue weighted by molar-refractivity contribution is 5.70. The first-order valence-electron chi connectivity index (χ1n) is 8.34. The van der Waals surface area contributed by atoms with E-state index in [-0.39, 0.29) is 36.5 Å². The van der Waals surface area contributed by atoms with Gasteiger partial charge in [-0.05, 0) is 49.2 Å². The van der Waals surface area contributed by atoms with Crippen LogP contribution in [0.15, 0.2) is 18.2 Å². The van der Waals surface area contributed by atoms with E-state index in [4.69, 9.17) is 4.74 Å². The van der Waals surface area contributed by atoms with Crippen LogP contribution in [0.5, 0.6) is 0 Å². The number of ether oxygens (including phenoxy) is 1. The van der Waals surface area contributed by atoms with E-state index in [0.29, 0.717) is 10.4 Å². The van der Waals surface area contributed by atoms with E-state index in [9.17, 15) is 15.2 Å². The van der Waals surface area contributed by atoms with Gasteiger partial charge >= 0.3 is 17.4 Å². The van der Waals surface area contributed by atoms with Gasteiger partial charge in [0.25, 0.3) is 0 Å². The fourth-order valence-corrected chi connectivity index (χ4v) is 2.81. The summed E-state index contributed by atoms with van der Waals surface area (Å²) in [6.07, 6.45) is 1.72. The lowest BCUT2D eigenvalue weighted by Gasteiger charge is -2.22. The van der Waals surface area contributed by atoms with Crippen LogP contribution in [-0.2, 0) is 9.53 Å². The molecule has 3 rings (SSSR count). The number of carbonyl (C=O) groups excluding carboxylic acids is 1. The molecule has 1 fully saturated rings. The van der Waals surface area contributed by atoms with Gasteiger partial charge in [0.1, 0.15) is 6.10 Å². The molecule has 0 bridgehead atoms. The Bertz CT molecular complexity index is 777. The maximum absolute atomic E-state index is 12.0. The summed E-state index contributed by atoms with van der Waals surface area (Å²) in [5.41, 5.74) is 1.48. The Morgan fingerprint density at radius 3 is 2.96 bits per heavy atom. The summed E-state index contributed by atoms with van der Waals surface area (Å²) in [6.45, 7) is 3.76. The van der Waals surface area contributed by atoms with Crippen LogP contribution in [0, 0.1) is 12.1 Å². The Morgan fingerprint density at radius 1 is 1.44 bits per heavy atom. The van der Waals surface area contributed by atoms with Crippen molar-refractivity contribution in [3.05, 3.63) is 29.0 Å². The number of hydrogen-bond acceptors (Lipinski definition) is 7. The number of nitrogens with zero attached hydrogens (tertiary/aromatic N) is 3. The molecule has 1 aliphatic heterocycles. The molecule has 9 nitrogen and oxygen atoms in total. The highest BCUT2D eigenvalue weighted by Gasteiger charge is 2.24. The number of hydrogen-bond donors (Lipinski definition) is 3. The van der Waals surface area contributed by atoms with E-state index >= 15 is 0 Å². The van der Waals surface area contributed by atoms with Crippen molar-refractivity contribution in [1.29, 1.82) is 0 Å². The van der Waals surface area contributed by atoms with E-state index < -0.39 is 0 Å². The number of aromatic nitrogens is 3. The maximum Gasteiger partial charge on any atom is 0.496 e. The summed E-state index contributed by atoms with van der Waals surface area (Å²) in [5, 5.41) is 32.0. The fraction of sp³-hybridized carbons (Fsp3) is 0.500. The zero-order chi connectivity index (χ0) is 17.8. The van der Waals surface area contributed by atoms with Crippen LogP contribution in [-0.4, -0.2) is 42.0 Å². The third-order valence-corrected chi connectivity index (χ3v) is 4.15. The second kappa shape index (κ2) is 7.47. The molecular weight excluding hydrogens is 326 g/mol. The monoisotopic (exact) mass is 348 g/mol. The molecule has 1 aliphatic rings. The van der Waals surface area contributed by atoms with Gasteiger partial charge < -0.3 is 20.5 Å². The van der Waals surface area contributed by atoms with E-state index in [0.717, 1.165) is 36.2 Å². The molecule has 1 aromatic carbocycles. The van der Waals surface area contributed by atoms with Crippen molar-refractivity contribution in [3.8, 4) is 0 Å². The third kappa shape index (κ3) is 4.05. The predicted octanol–water partition coefficient (Wildman–Crippen LogP) is -0.201. The maximum atomic E-state index is 12.0. The highest BCUT2D eigenvalue weighted by atomic mass is 16.5. The van der Waals surface area contributed by atoms with Gasteiger partial charge in [-0.3, -0.25) is 10.1 Å². The van der Waals surface area contributed by atoms with Crippen LogP contribution in [0.4, 0.5) is 5.95 Å². The molecule has 9 heteroatoms. The molecular formula is C16H22N5O4+. The zero-order valence-corrected chi connectivity index (χ0v) is 14.1. The molecule has 25 heavy (non-hydrogen) atoms. The van der Waals surface area contributed by atoms with Gasteiger partial charge in [-0.15, -0.1) is 0 Å².